The average Bonchev–Trinajstić information content (AvgIpc) is 3.31. The molecule has 0 aromatic heterocycles. The number of benzene rings is 4. The van der Waals surface area contributed by atoms with Gasteiger partial charge in [-0.2, -0.15) is 0 Å². The van der Waals surface area contributed by atoms with Crippen LogP contribution >= 0.6 is 18.4 Å². The van der Waals surface area contributed by atoms with E-state index < -0.39 is 6.83 Å². The van der Waals surface area contributed by atoms with Crippen molar-refractivity contribution in [1.82, 2.24) is 0 Å². The normalized spacial score (nSPS) is 18.6. The number of halogens is 1. The van der Waals surface area contributed by atoms with E-state index in [1.165, 1.54) is 43.5 Å². The molecule has 208 valence electrons. The third kappa shape index (κ3) is 4.90. The van der Waals surface area contributed by atoms with Crippen molar-refractivity contribution in [3.63, 3.8) is 0 Å². The fourth-order valence-corrected chi connectivity index (χ4v) is 11.9. The summed E-state index contributed by atoms with van der Waals surface area (Å²) in [6.07, 6.45) is 5.38. The minimum absolute atomic E-state index is 0.219. The van der Waals surface area contributed by atoms with Crippen LogP contribution in [0.15, 0.2) is 120 Å². The molecule has 3 heteroatoms. The zero-order valence-electron chi connectivity index (χ0n) is 24.9. The molecule has 1 heterocycles. The molecule has 0 saturated carbocycles. The summed E-state index contributed by atoms with van der Waals surface area (Å²) < 4.78 is 7.80. The van der Waals surface area contributed by atoms with Crippen molar-refractivity contribution in [2.45, 2.75) is 61.0 Å². The average molecular weight is 569 g/mol. The molecule has 40 heavy (non-hydrogen) atoms. The molecular formula is C37H42ClOP. The van der Waals surface area contributed by atoms with Gasteiger partial charge in [-0.1, -0.05) is 13.8 Å². The molecule has 1 atom stereocenters. The van der Waals surface area contributed by atoms with Gasteiger partial charge in [0, 0.05) is 0 Å². The minimum atomic E-state index is -3.59. The molecule has 4 aromatic carbocycles. The first-order valence-electron chi connectivity index (χ1n) is 14.3. The van der Waals surface area contributed by atoms with Gasteiger partial charge in [0.15, 0.2) is 0 Å². The molecule has 0 spiro atoms. The van der Waals surface area contributed by atoms with Gasteiger partial charge in [0.05, 0.1) is 0 Å². The summed E-state index contributed by atoms with van der Waals surface area (Å²) in [4.78, 5) is 0. The van der Waals surface area contributed by atoms with E-state index in [2.05, 4.69) is 132 Å². The van der Waals surface area contributed by atoms with Crippen molar-refractivity contribution in [3.05, 3.63) is 147 Å². The number of hydrogen-bond acceptors (Lipinski definition) is 1. The Kier molecular flexibility index (Phi) is 9.21. The second kappa shape index (κ2) is 12.3. The van der Waals surface area contributed by atoms with Gasteiger partial charge in [-0.05, 0) is 0 Å². The number of allylic oxidation sites excluding steroid dienone is 4. The van der Waals surface area contributed by atoms with Crippen LogP contribution in [-0.2, 0) is 4.52 Å². The number of hydrogen-bond donors (Lipinski definition) is 0. The Hall–Kier alpha value is -2.96. The molecule has 0 aliphatic carbocycles. The Labute approximate surface area is 246 Å². The number of rotatable bonds is 6. The van der Waals surface area contributed by atoms with Crippen LogP contribution < -0.4 is 15.9 Å². The zero-order valence-corrected chi connectivity index (χ0v) is 26.6. The summed E-state index contributed by atoms with van der Waals surface area (Å²) in [7, 11) is 0. The SMILES string of the molecule is CC.CC/C(C)=C\C=C(/C)P1(c2ccc(C)cc2)(c2ccc(C)cc2)OC(c2ccc(Cl)cc2)c2ccccc21. The van der Waals surface area contributed by atoms with Gasteiger partial charge in [0.2, 0.25) is 0 Å². The third-order valence-corrected chi connectivity index (χ3v) is 14.3. The Morgan fingerprint density at radius 1 is 0.750 bits per heavy atom. The van der Waals surface area contributed by atoms with Crippen LogP contribution in [0.3, 0.4) is 0 Å². The molecule has 0 fully saturated rings. The summed E-state index contributed by atoms with van der Waals surface area (Å²) >= 11 is 6.31. The first-order chi connectivity index (χ1) is 19.3. The van der Waals surface area contributed by atoms with Crippen LogP contribution in [0, 0.1) is 13.8 Å². The van der Waals surface area contributed by atoms with Gasteiger partial charge in [-0.3, -0.25) is 0 Å². The molecule has 1 unspecified atom stereocenters. The van der Waals surface area contributed by atoms with Gasteiger partial charge < -0.3 is 0 Å². The molecule has 1 aliphatic rings. The number of aryl methyl sites for hydroxylation is 2. The molecule has 1 aliphatic heterocycles. The quantitative estimate of drug-likeness (QED) is 0.166. The molecule has 0 bridgehead atoms. The van der Waals surface area contributed by atoms with Crippen LogP contribution in [0.5, 0.6) is 0 Å². The Balaban J connectivity index is 0.00000181. The second-order valence-corrected chi connectivity index (χ2v) is 15.4. The summed E-state index contributed by atoms with van der Waals surface area (Å²) in [6.45, 7) is 11.4. The van der Waals surface area contributed by atoms with Crippen LogP contribution in [0.1, 0.15) is 69.4 Å². The van der Waals surface area contributed by atoms with E-state index in [-0.39, 0.29) is 6.10 Å². The van der Waals surface area contributed by atoms with E-state index in [9.17, 15) is 0 Å². The molecule has 5 rings (SSSR count). The summed E-state index contributed by atoms with van der Waals surface area (Å²) in [5.41, 5.74) is 6.15. The molecule has 0 amide bonds. The topological polar surface area (TPSA) is 9.23 Å². The van der Waals surface area contributed by atoms with Crippen molar-refractivity contribution in [2.75, 3.05) is 0 Å². The number of fused-ring (bicyclic) bond motifs is 1. The van der Waals surface area contributed by atoms with Gasteiger partial charge in [0.25, 0.3) is 0 Å². The maximum absolute atomic E-state index is 7.80. The van der Waals surface area contributed by atoms with E-state index in [0.717, 1.165) is 17.0 Å². The van der Waals surface area contributed by atoms with E-state index in [0.29, 0.717) is 0 Å². The van der Waals surface area contributed by atoms with Crippen molar-refractivity contribution >= 4 is 34.3 Å². The monoisotopic (exact) mass is 568 g/mol. The van der Waals surface area contributed by atoms with Crippen LogP contribution in [0.2, 0.25) is 5.02 Å². The summed E-state index contributed by atoms with van der Waals surface area (Å²) in [6, 6.07) is 35.0. The zero-order chi connectivity index (χ0) is 28.9. The molecule has 1 nitrogen and oxygen atoms in total. The summed E-state index contributed by atoms with van der Waals surface area (Å²) in [5, 5.41) is 5.71. The summed E-state index contributed by atoms with van der Waals surface area (Å²) in [5.74, 6) is 0. The Bertz CT molecular complexity index is 1470. The maximum atomic E-state index is 7.80. The fraction of sp³-hybridized carbons (Fsp3) is 0.243. The van der Waals surface area contributed by atoms with Crippen molar-refractivity contribution in [2.24, 2.45) is 0 Å². The first-order valence-corrected chi connectivity index (χ1v) is 16.9. The van der Waals surface area contributed by atoms with Crippen LogP contribution in [-0.4, -0.2) is 0 Å². The van der Waals surface area contributed by atoms with E-state index in [1.54, 1.807) is 0 Å². The van der Waals surface area contributed by atoms with Gasteiger partial charge in [-0.15, -0.1) is 0 Å². The van der Waals surface area contributed by atoms with Crippen LogP contribution in [0.25, 0.3) is 0 Å². The molecule has 0 radical (unpaired) electrons. The first kappa shape index (κ1) is 30.0. The second-order valence-electron chi connectivity index (χ2n) is 10.5. The van der Waals surface area contributed by atoms with Crippen molar-refractivity contribution in [3.8, 4) is 0 Å². The van der Waals surface area contributed by atoms with Crippen molar-refractivity contribution < 1.29 is 4.52 Å². The van der Waals surface area contributed by atoms with E-state index in [4.69, 9.17) is 16.1 Å². The predicted octanol–water partition coefficient (Wildman–Crippen LogP) is 10.1. The Morgan fingerprint density at radius 2 is 1.27 bits per heavy atom. The standard InChI is InChI=1S/C35H36ClOP.C2H6/c1-6-25(2)11-16-28(5)38(31-21-12-26(3)13-22-31,32-23-14-27(4)15-24-32)34-10-8-7-9-33(34)35(37-38)29-17-19-30(36)20-18-29;1-2/h7-24,35H,6H2,1-5H3;1-2H3/b25-11-,28-16+;. The van der Waals surface area contributed by atoms with Crippen LogP contribution in [0.4, 0.5) is 0 Å². The fourth-order valence-electron chi connectivity index (χ4n) is 5.71. The van der Waals surface area contributed by atoms with Gasteiger partial charge >= 0.3 is 233 Å². The van der Waals surface area contributed by atoms with Gasteiger partial charge in [-0.25, -0.2) is 0 Å². The molecule has 4 aromatic rings. The molecule has 0 saturated heterocycles. The van der Waals surface area contributed by atoms with E-state index >= 15 is 0 Å². The Morgan fingerprint density at radius 3 is 1.80 bits per heavy atom. The molecule has 0 N–H and O–H groups in total. The van der Waals surface area contributed by atoms with E-state index in [1.807, 2.05) is 26.0 Å². The third-order valence-electron chi connectivity index (χ3n) is 8.06. The van der Waals surface area contributed by atoms with Crippen molar-refractivity contribution in [1.29, 1.82) is 0 Å². The molecular weight excluding hydrogens is 527 g/mol. The van der Waals surface area contributed by atoms with Gasteiger partial charge in [0.1, 0.15) is 0 Å². The predicted molar refractivity (Wildman–Crippen MR) is 178 cm³/mol.